The van der Waals surface area contributed by atoms with Crippen LogP contribution < -0.4 is 10.6 Å². The average molecular weight is 378 g/mol. The number of nitrogens with one attached hydrogen (secondary N) is 2. The van der Waals surface area contributed by atoms with Gasteiger partial charge in [-0.1, -0.05) is 24.3 Å². The van der Waals surface area contributed by atoms with Crippen LogP contribution in [-0.2, 0) is 17.8 Å². The van der Waals surface area contributed by atoms with E-state index >= 15 is 0 Å². The maximum Gasteiger partial charge on any atom is 0.238 e. The SMILES string of the molecule is Cl.Cl.O=C(NCCCN1CCc2ccccc2C1)C1CSCN1. The topological polar surface area (TPSA) is 44.4 Å². The minimum absolute atomic E-state index is 0. The van der Waals surface area contributed by atoms with Gasteiger partial charge in [0.15, 0.2) is 0 Å². The molecule has 1 saturated heterocycles. The second-order valence-corrected chi connectivity index (χ2v) is 6.74. The molecule has 130 valence electrons. The number of benzene rings is 1. The smallest absolute Gasteiger partial charge is 0.238 e. The van der Waals surface area contributed by atoms with E-state index < -0.39 is 0 Å². The molecule has 4 nitrogen and oxygen atoms in total. The van der Waals surface area contributed by atoms with Crippen molar-refractivity contribution in [1.29, 1.82) is 0 Å². The molecule has 1 unspecified atom stereocenters. The number of halogens is 2. The Morgan fingerprint density at radius 1 is 1.30 bits per heavy atom. The van der Waals surface area contributed by atoms with E-state index in [-0.39, 0.29) is 36.8 Å². The quantitative estimate of drug-likeness (QED) is 0.770. The molecule has 23 heavy (non-hydrogen) atoms. The summed E-state index contributed by atoms with van der Waals surface area (Å²) in [5.41, 5.74) is 2.95. The van der Waals surface area contributed by atoms with Crippen molar-refractivity contribution >= 4 is 42.5 Å². The molecule has 0 bridgehead atoms. The van der Waals surface area contributed by atoms with Crippen molar-refractivity contribution < 1.29 is 4.79 Å². The molecule has 2 aliphatic rings. The van der Waals surface area contributed by atoms with Crippen molar-refractivity contribution in [2.45, 2.75) is 25.4 Å². The van der Waals surface area contributed by atoms with Gasteiger partial charge in [0.2, 0.25) is 5.91 Å². The lowest BCUT2D eigenvalue weighted by molar-refractivity contribution is -0.122. The van der Waals surface area contributed by atoms with Crippen LogP contribution in [0.3, 0.4) is 0 Å². The van der Waals surface area contributed by atoms with E-state index in [1.165, 1.54) is 11.1 Å². The largest absolute Gasteiger partial charge is 0.355 e. The minimum atomic E-state index is 0. The van der Waals surface area contributed by atoms with E-state index in [2.05, 4.69) is 39.8 Å². The molecule has 2 aliphatic heterocycles. The molecule has 0 aliphatic carbocycles. The van der Waals surface area contributed by atoms with Gasteiger partial charge in [-0.2, -0.15) is 0 Å². The van der Waals surface area contributed by atoms with E-state index in [4.69, 9.17) is 0 Å². The number of thioether (sulfide) groups is 1. The summed E-state index contributed by atoms with van der Waals surface area (Å²) < 4.78 is 0. The Bertz CT molecular complexity index is 498. The number of hydrogen-bond donors (Lipinski definition) is 2. The van der Waals surface area contributed by atoms with Crippen LogP contribution in [0.2, 0.25) is 0 Å². The summed E-state index contributed by atoms with van der Waals surface area (Å²) in [6, 6.07) is 8.72. The first-order valence-electron chi connectivity index (χ1n) is 7.71. The molecule has 1 aromatic carbocycles. The number of carbonyl (C=O) groups excluding carboxylic acids is 1. The fraction of sp³-hybridized carbons (Fsp3) is 0.562. The van der Waals surface area contributed by atoms with Gasteiger partial charge in [-0.3, -0.25) is 15.0 Å². The molecule has 0 radical (unpaired) electrons. The molecule has 1 aromatic rings. The molecule has 3 rings (SSSR count). The Kier molecular flexibility index (Phi) is 9.32. The van der Waals surface area contributed by atoms with Crippen molar-refractivity contribution in [3.63, 3.8) is 0 Å². The molecule has 1 atom stereocenters. The number of hydrogen-bond acceptors (Lipinski definition) is 4. The van der Waals surface area contributed by atoms with Gasteiger partial charge in [0, 0.05) is 37.8 Å². The molecule has 2 N–H and O–H groups in total. The molecule has 1 fully saturated rings. The van der Waals surface area contributed by atoms with E-state index in [0.717, 1.165) is 50.7 Å². The molecular formula is C16H25Cl2N3OS. The summed E-state index contributed by atoms with van der Waals surface area (Å²) in [5.74, 6) is 1.95. The number of amides is 1. The van der Waals surface area contributed by atoms with Crippen molar-refractivity contribution in [3.8, 4) is 0 Å². The van der Waals surface area contributed by atoms with Crippen LogP contribution >= 0.6 is 36.6 Å². The second-order valence-electron chi connectivity index (χ2n) is 5.71. The van der Waals surface area contributed by atoms with E-state index in [9.17, 15) is 4.79 Å². The lowest BCUT2D eigenvalue weighted by Gasteiger charge is -2.28. The number of carbonyl (C=O) groups is 1. The van der Waals surface area contributed by atoms with Gasteiger partial charge in [0.25, 0.3) is 0 Å². The minimum Gasteiger partial charge on any atom is -0.355 e. The summed E-state index contributed by atoms with van der Waals surface area (Å²) in [6.07, 6.45) is 2.17. The molecular weight excluding hydrogens is 353 g/mol. The molecule has 0 spiro atoms. The normalized spacial score (nSPS) is 20.1. The van der Waals surface area contributed by atoms with Crippen LogP contribution in [0.4, 0.5) is 0 Å². The summed E-state index contributed by atoms with van der Waals surface area (Å²) >= 11 is 1.79. The zero-order valence-corrected chi connectivity index (χ0v) is 15.6. The number of fused-ring (bicyclic) bond motifs is 1. The zero-order valence-electron chi connectivity index (χ0n) is 13.1. The molecule has 0 aromatic heterocycles. The van der Waals surface area contributed by atoms with Crippen molar-refractivity contribution in [2.75, 3.05) is 31.3 Å². The van der Waals surface area contributed by atoms with Crippen LogP contribution in [0, 0.1) is 0 Å². The van der Waals surface area contributed by atoms with Crippen LogP contribution in [0.1, 0.15) is 17.5 Å². The second kappa shape index (κ2) is 10.4. The third-order valence-corrected chi connectivity index (χ3v) is 5.13. The lowest BCUT2D eigenvalue weighted by Crippen LogP contribution is -2.43. The Balaban J connectivity index is 0.00000132. The van der Waals surface area contributed by atoms with E-state index in [1.54, 1.807) is 11.8 Å². The molecule has 1 amide bonds. The standard InChI is InChI=1S/C16H23N3OS.2ClH/c20-16(15-11-21-12-18-15)17-7-3-8-19-9-6-13-4-1-2-5-14(13)10-19;;/h1-2,4-5,15,18H,3,6-12H2,(H,17,20);2*1H. The number of rotatable bonds is 5. The van der Waals surface area contributed by atoms with Gasteiger partial charge in [0.1, 0.15) is 0 Å². The Labute approximate surface area is 155 Å². The van der Waals surface area contributed by atoms with E-state index in [0.29, 0.717) is 0 Å². The van der Waals surface area contributed by atoms with Gasteiger partial charge in [-0.15, -0.1) is 36.6 Å². The highest BCUT2D eigenvalue weighted by molar-refractivity contribution is 7.99. The number of nitrogens with zero attached hydrogens (tertiary/aromatic N) is 1. The molecule has 2 heterocycles. The summed E-state index contributed by atoms with van der Waals surface area (Å²) in [5, 5.41) is 6.24. The van der Waals surface area contributed by atoms with E-state index in [1.807, 2.05) is 0 Å². The van der Waals surface area contributed by atoms with Crippen LogP contribution in [0.5, 0.6) is 0 Å². The third kappa shape index (κ3) is 5.84. The van der Waals surface area contributed by atoms with Gasteiger partial charge in [0.05, 0.1) is 6.04 Å². The van der Waals surface area contributed by atoms with Crippen LogP contribution in [-0.4, -0.2) is 48.1 Å². The first-order chi connectivity index (χ1) is 10.3. The Hall–Kier alpha value is -0.460. The maximum atomic E-state index is 11.9. The first-order valence-corrected chi connectivity index (χ1v) is 8.86. The maximum absolute atomic E-state index is 11.9. The monoisotopic (exact) mass is 377 g/mol. The zero-order chi connectivity index (χ0) is 14.5. The highest BCUT2D eigenvalue weighted by Gasteiger charge is 2.22. The van der Waals surface area contributed by atoms with Gasteiger partial charge in [-0.05, 0) is 24.0 Å². The van der Waals surface area contributed by atoms with Gasteiger partial charge < -0.3 is 5.32 Å². The highest BCUT2D eigenvalue weighted by atomic mass is 35.5. The molecule has 7 heteroatoms. The highest BCUT2D eigenvalue weighted by Crippen LogP contribution is 2.18. The van der Waals surface area contributed by atoms with Gasteiger partial charge in [-0.25, -0.2) is 0 Å². The fourth-order valence-corrected chi connectivity index (χ4v) is 3.89. The first kappa shape index (κ1) is 20.6. The lowest BCUT2D eigenvalue weighted by atomic mass is 10.00. The fourth-order valence-electron chi connectivity index (χ4n) is 2.95. The Morgan fingerprint density at radius 2 is 2.09 bits per heavy atom. The van der Waals surface area contributed by atoms with Crippen molar-refractivity contribution in [1.82, 2.24) is 15.5 Å². The van der Waals surface area contributed by atoms with Crippen LogP contribution in [0.15, 0.2) is 24.3 Å². The van der Waals surface area contributed by atoms with Crippen molar-refractivity contribution in [2.24, 2.45) is 0 Å². The Morgan fingerprint density at radius 3 is 2.83 bits per heavy atom. The summed E-state index contributed by atoms with van der Waals surface area (Å²) in [6.45, 7) is 4.01. The van der Waals surface area contributed by atoms with Gasteiger partial charge >= 0.3 is 0 Å². The predicted octanol–water partition coefficient (Wildman–Crippen LogP) is 2.06. The molecule has 0 saturated carbocycles. The van der Waals surface area contributed by atoms with Crippen LogP contribution in [0.25, 0.3) is 0 Å². The van der Waals surface area contributed by atoms with Crippen molar-refractivity contribution in [3.05, 3.63) is 35.4 Å². The average Bonchev–Trinajstić information content (AvgIpc) is 3.06. The summed E-state index contributed by atoms with van der Waals surface area (Å²) in [7, 11) is 0. The summed E-state index contributed by atoms with van der Waals surface area (Å²) in [4.78, 5) is 14.3. The predicted molar refractivity (Wildman–Crippen MR) is 102 cm³/mol. The third-order valence-electron chi connectivity index (χ3n) is 4.19.